The van der Waals surface area contributed by atoms with Gasteiger partial charge < -0.3 is 5.73 Å². The van der Waals surface area contributed by atoms with Gasteiger partial charge in [-0.05, 0) is 30.2 Å². The van der Waals surface area contributed by atoms with Crippen molar-refractivity contribution in [3.63, 3.8) is 0 Å². The van der Waals surface area contributed by atoms with Gasteiger partial charge in [-0.1, -0.05) is 35.9 Å². The van der Waals surface area contributed by atoms with E-state index in [0.717, 1.165) is 16.3 Å². The summed E-state index contributed by atoms with van der Waals surface area (Å²) in [6, 6.07) is 13.4. The fourth-order valence-corrected chi connectivity index (χ4v) is 1.81. The summed E-state index contributed by atoms with van der Waals surface area (Å²) in [5.41, 5.74) is 8.02. The number of nitrogens with two attached hydrogens (primary N) is 1. The van der Waals surface area contributed by atoms with E-state index in [0.29, 0.717) is 6.42 Å². The van der Waals surface area contributed by atoms with Gasteiger partial charge in [-0.3, -0.25) is 4.98 Å². The molecule has 0 aliphatic carbocycles. The van der Waals surface area contributed by atoms with Crippen molar-refractivity contribution in [3.8, 4) is 0 Å². The minimum absolute atomic E-state index is 0.110. The Labute approximate surface area is 100 Å². The molecule has 3 heteroatoms. The number of hydrogen-bond acceptors (Lipinski definition) is 2. The number of rotatable bonds is 3. The van der Waals surface area contributed by atoms with E-state index in [1.54, 1.807) is 6.20 Å². The van der Waals surface area contributed by atoms with Gasteiger partial charge in [-0.25, -0.2) is 0 Å². The van der Waals surface area contributed by atoms with Crippen molar-refractivity contribution in [3.05, 3.63) is 64.9 Å². The molecule has 2 nitrogen and oxygen atoms in total. The molecule has 16 heavy (non-hydrogen) atoms. The molecule has 2 N–H and O–H groups in total. The van der Waals surface area contributed by atoms with Crippen molar-refractivity contribution < 1.29 is 0 Å². The molecule has 1 unspecified atom stereocenters. The SMILES string of the molecule is NC(Cc1ccccc1Cl)c1ccccn1. The second kappa shape index (κ2) is 5.10. The molecule has 1 heterocycles. The van der Waals surface area contributed by atoms with Crippen LogP contribution >= 0.6 is 11.6 Å². The van der Waals surface area contributed by atoms with Gasteiger partial charge in [0.25, 0.3) is 0 Å². The van der Waals surface area contributed by atoms with Crippen molar-refractivity contribution in [2.24, 2.45) is 5.73 Å². The highest BCUT2D eigenvalue weighted by atomic mass is 35.5. The molecule has 0 radical (unpaired) electrons. The third-order valence-corrected chi connectivity index (χ3v) is 2.83. The molecule has 0 saturated carbocycles. The number of benzene rings is 1. The number of halogens is 1. The average molecular weight is 233 g/mol. The number of hydrogen-bond donors (Lipinski definition) is 1. The van der Waals surface area contributed by atoms with Crippen molar-refractivity contribution >= 4 is 11.6 Å². The van der Waals surface area contributed by atoms with Crippen LogP contribution in [0.2, 0.25) is 5.02 Å². The van der Waals surface area contributed by atoms with Crippen LogP contribution < -0.4 is 5.73 Å². The largest absolute Gasteiger partial charge is 0.322 e. The summed E-state index contributed by atoms with van der Waals surface area (Å²) in [7, 11) is 0. The van der Waals surface area contributed by atoms with Crippen LogP contribution in [0.4, 0.5) is 0 Å². The van der Waals surface area contributed by atoms with Gasteiger partial charge in [0.15, 0.2) is 0 Å². The Bertz CT molecular complexity index is 456. The summed E-state index contributed by atoms with van der Waals surface area (Å²) in [5.74, 6) is 0. The highest BCUT2D eigenvalue weighted by Crippen LogP contribution is 2.20. The van der Waals surface area contributed by atoms with Gasteiger partial charge in [0.05, 0.1) is 11.7 Å². The van der Waals surface area contributed by atoms with Crippen LogP contribution in [0.15, 0.2) is 48.7 Å². The molecule has 0 fully saturated rings. The molecule has 0 amide bonds. The molecule has 1 aromatic carbocycles. The van der Waals surface area contributed by atoms with Gasteiger partial charge in [-0.15, -0.1) is 0 Å². The zero-order valence-corrected chi connectivity index (χ0v) is 9.56. The molecule has 0 aliphatic rings. The number of pyridine rings is 1. The Morgan fingerprint density at radius 2 is 1.88 bits per heavy atom. The lowest BCUT2D eigenvalue weighted by Crippen LogP contribution is -2.14. The molecule has 0 saturated heterocycles. The van der Waals surface area contributed by atoms with Gasteiger partial charge >= 0.3 is 0 Å². The first-order valence-corrected chi connectivity index (χ1v) is 5.55. The van der Waals surface area contributed by atoms with Gasteiger partial charge in [0.2, 0.25) is 0 Å². The fourth-order valence-electron chi connectivity index (χ4n) is 1.60. The summed E-state index contributed by atoms with van der Waals surface area (Å²) in [6.07, 6.45) is 2.46. The Kier molecular flexibility index (Phi) is 3.54. The highest BCUT2D eigenvalue weighted by Gasteiger charge is 2.09. The van der Waals surface area contributed by atoms with Crippen LogP contribution in [-0.4, -0.2) is 4.98 Å². The topological polar surface area (TPSA) is 38.9 Å². The van der Waals surface area contributed by atoms with E-state index in [-0.39, 0.29) is 6.04 Å². The van der Waals surface area contributed by atoms with E-state index in [2.05, 4.69) is 4.98 Å². The van der Waals surface area contributed by atoms with Gasteiger partial charge in [0, 0.05) is 11.2 Å². The maximum atomic E-state index is 6.08. The second-order valence-corrected chi connectivity index (χ2v) is 4.06. The maximum Gasteiger partial charge on any atom is 0.0574 e. The Morgan fingerprint density at radius 3 is 2.56 bits per heavy atom. The Balaban J connectivity index is 2.14. The minimum atomic E-state index is -0.110. The standard InChI is InChI=1S/C13H13ClN2/c14-11-6-2-1-5-10(11)9-12(15)13-7-3-4-8-16-13/h1-8,12H,9,15H2. The second-order valence-electron chi connectivity index (χ2n) is 3.66. The summed E-state index contributed by atoms with van der Waals surface area (Å²) in [5, 5.41) is 0.758. The number of nitrogens with zero attached hydrogens (tertiary/aromatic N) is 1. The molecule has 0 spiro atoms. The summed E-state index contributed by atoms with van der Waals surface area (Å²) in [4.78, 5) is 4.24. The fraction of sp³-hybridized carbons (Fsp3) is 0.154. The van der Waals surface area contributed by atoms with Crippen LogP contribution in [0.3, 0.4) is 0 Å². The van der Waals surface area contributed by atoms with E-state index < -0.39 is 0 Å². The molecular formula is C13H13ClN2. The zero-order chi connectivity index (χ0) is 11.4. The molecule has 0 aliphatic heterocycles. The summed E-state index contributed by atoms with van der Waals surface area (Å²) >= 11 is 6.08. The van der Waals surface area contributed by atoms with E-state index in [1.165, 1.54) is 0 Å². The van der Waals surface area contributed by atoms with Crippen LogP contribution in [-0.2, 0) is 6.42 Å². The lowest BCUT2D eigenvalue weighted by molar-refractivity contribution is 0.696. The quantitative estimate of drug-likeness (QED) is 0.884. The maximum absolute atomic E-state index is 6.08. The zero-order valence-electron chi connectivity index (χ0n) is 8.81. The van der Waals surface area contributed by atoms with Crippen LogP contribution in [0, 0.1) is 0 Å². The highest BCUT2D eigenvalue weighted by molar-refractivity contribution is 6.31. The monoisotopic (exact) mass is 232 g/mol. The van der Waals surface area contributed by atoms with E-state index in [1.807, 2.05) is 42.5 Å². The predicted molar refractivity (Wildman–Crippen MR) is 66.3 cm³/mol. The average Bonchev–Trinajstić information content (AvgIpc) is 2.33. The Hall–Kier alpha value is -1.38. The normalized spacial score (nSPS) is 12.4. The first-order chi connectivity index (χ1) is 7.77. The smallest absolute Gasteiger partial charge is 0.0574 e. The van der Waals surface area contributed by atoms with Crippen LogP contribution in [0.25, 0.3) is 0 Å². The number of aromatic nitrogens is 1. The lowest BCUT2D eigenvalue weighted by atomic mass is 10.0. The van der Waals surface area contributed by atoms with Crippen molar-refractivity contribution in [2.75, 3.05) is 0 Å². The molecule has 2 aromatic rings. The molecule has 82 valence electrons. The van der Waals surface area contributed by atoms with Crippen molar-refractivity contribution in [1.29, 1.82) is 0 Å². The van der Waals surface area contributed by atoms with E-state index in [4.69, 9.17) is 17.3 Å². The molecular weight excluding hydrogens is 220 g/mol. The van der Waals surface area contributed by atoms with E-state index in [9.17, 15) is 0 Å². The first kappa shape index (κ1) is 11.1. The van der Waals surface area contributed by atoms with Crippen LogP contribution in [0.1, 0.15) is 17.3 Å². The lowest BCUT2D eigenvalue weighted by Gasteiger charge is -2.11. The van der Waals surface area contributed by atoms with Gasteiger partial charge in [-0.2, -0.15) is 0 Å². The molecule has 2 rings (SSSR count). The van der Waals surface area contributed by atoms with Crippen molar-refractivity contribution in [2.45, 2.75) is 12.5 Å². The first-order valence-electron chi connectivity index (χ1n) is 5.17. The van der Waals surface area contributed by atoms with Crippen molar-refractivity contribution in [1.82, 2.24) is 4.98 Å². The summed E-state index contributed by atoms with van der Waals surface area (Å²) < 4.78 is 0. The van der Waals surface area contributed by atoms with E-state index >= 15 is 0 Å². The minimum Gasteiger partial charge on any atom is -0.322 e. The van der Waals surface area contributed by atoms with Gasteiger partial charge in [0.1, 0.15) is 0 Å². The predicted octanol–water partition coefficient (Wildman–Crippen LogP) is 2.98. The third kappa shape index (κ3) is 2.60. The molecule has 0 bridgehead atoms. The third-order valence-electron chi connectivity index (χ3n) is 2.47. The Morgan fingerprint density at radius 1 is 1.12 bits per heavy atom. The van der Waals surface area contributed by atoms with Crippen LogP contribution in [0.5, 0.6) is 0 Å². The molecule has 1 aromatic heterocycles. The molecule has 1 atom stereocenters. The summed E-state index contributed by atoms with van der Waals surface area (Å²) in [6.45, 7) is 0.